The van der Waals surface area contributed by atoms with Crippen LogP contribution in [0.25, 0.3) is 6.08 Å². The second-order valence-corrected chi connectivity index (χ2v) is 2.54. The Morgan fingerprint density at radius 1 is 1.31 bits per heavy atom. The van der Waals surface area contributed by atoms with E-state index in [1.165, 1.54) is 0 Å². The molecule has 0 aliphatic rings. The Hall–Kier alpha value is -0.990. The molecule has 0 saturated heterocycles. The summed E-state index contributed by atoms with van der Waals surface area (Å²) in [5.41, 5.74) is 7.59. The Balaban J connectivity index is 0.00000144. The largest absolute Gasteiger partial charge is 0.384 e. The lowest BCUT2D eigenvalue weighted by atomic mass is 10.2. The first-order valence-electron chi connectivity index (χ1n) is 4.03. The number of hydrogen-bond acceptors (Lipinski definition) is 2. The van der Waals surface area contributed by atoms with E-state index in [-0.39, 0.29) is 12.4 Å². The van der Waals surface area contributed by atoms with E-state index in [4.69, 9.17) is 5.73 Å². The average molecular weight is 199 g/mol. The number of rotatable bonds is 4. The summed E-state index contributed by atoms with van der Waals surface area (Å²) in [4.78, 5) is 0. The zero-order valence-electron chi connectivity index (χ0n) is 7.49. The maximum Gasteiger partial charge on any atom is 0.0341 e. The molecule has 0 aromatic heterocycles. The quantitative estimate of drug-likeness (QED) is 0.778. The van der Waals surface area contributed by atoms with E-state index in [9.17, 15) is 0 Å². The van der Waals surface area contributed by atoms with Crippen molar-refractivity contribution in [1.29, 1.82) is 0 Å². The first-order valence-corrected chi connectivity index (χ1v) is 4.03. The van der Waals surface area contributed by atoms with Gasteiger partial charge in [0.1, 0.15) is 0 Å². The second kappa shape index (κ2) is 6.52. The van der Waals surface area contributed by atoms with Gasteiger partial charge >= 0.3 is 0 Å². The minimum absolute atomic E-state index is 0. The van der Waals surface area contributed by atoms with Gasteiger partial charge in [-0.1, -0.05) is 24.8 Å². The Labute approximate surface area is 85.2 Å². The Bertz CT molecular complexity index is 244. The molecule has 1 aromatic rings. The van der Waals surface area contributed by atoms with Gasteiger partial charge in [0.05, 0.1) is 0 Å². The third-order valence-electron chi connectivity index (χ3n) is 1.62. The minimum atomic E-state index is 0. The van der Waals surface area contributed by atoms with E-state index in [0.29, 0.717) is 6.54 Å². The summed E-state index contributed by atoms with van der Waals surface area (Å²) in [7, 11) is 0. The average Bonchev–Trinajstić information content (AvgIpc) is 2.15. The van der Waals surface area contributed by atoms with Crippen molar-refractivity contribution in [2.45, 2.75) is 0 Å². The molecule has 0 radical (unpaired) electrons. The van der Waals surface area contributed by atoms with E-state index in [1.807, 2.05) is 30.3 Å². The molecular weight excluding hydrogens is 184 g/mol. The number of anilines is 1. The van der Waals surface area contributed by atoms with E-state index < -0.39 is 0 Å². The molecule has 0 aliphatic heterocycles. The lowest BCUT2D eigenvalue weighted by Crippen LogP contribution is -2.12. The summed E-state index contributed by atoms with van der Waals surface area (Å²) in [6.45, 7) is 5.15. The molecule has 0 spiro atoms. The molecule has 3 heteroatoms. The van der Waals surface area contributed by atoms with Gasteiger partial charge in [0.15, 0.2) is 0 Å². The third kappa shape index (κ3) is 3.97. The van der Waals surface area contributed by atoms with Crippen LogP contribution < -0.4 is 11.1 Å². The standard InChI is InChI=1S/C10H14N2.ClH/c1-2-9-3-5-10(6-4-9)12-8-7-11;/h2-6,12H,1,7-8,11H2;1H. The first kappa shape index (κ1) is 12.0. The molecule has 0 atom stereocenters. The number of hydrogen-bond donors (Lipinski definition) is 2. The van der Waals surface area contributed by atoms with Gasteiger partial charge in [0, 0.05) is 18.8 Å². The molecule has 2 nitrogen and oxygen atoms in total. The fourth-order valence-electron chi connectivity index (χ4n) is 0.954. The highest BCUT2D eigenvalue weighted by Gasteiger charge is 1.89. The van der Waals surface area contributed by atoms with Crippen molar-refractivity contribution in [2.75, 3.05) is 18.4 Å². The van der Waals surface area contributed by atoms with E-state index in [2.05, 4.69) is 11.9 Å². The second-order valence-electron chi connectivity index (χ2n) is 2.54. The van der Waals surface area contributed by atoms with Gasteiger partial charge in [0.2, 0.25) is 0 Å². The zero-order valence-corrected chi connectivity index (χ0v) is 8.31. The number of nitrogens with two attached hydrogens (primary N) is 1. The van der Waals surface area contributed by atoms with Crippen molar-refractivity contribution in [3.63, 3.8) is 0 Å². The van der Waals surface area contributed by atoms with E-state index in [0.717, 1.165) is 17.8 Å². The topological polar surface area (TPSA) is 38.0 Å². The third-order valence-corrected chi connectivity index (χ3v) is 1.62. The maximum atomic E-state index is 5.35. The van der Waals surface area contributed by atoms with Gasteiger partial charge < -0.3 is 11.1 Å². The van der Waals surface area contributed by atoms with Crippen LogP contribution in [0.15, 0.2) is 30.8 Å². The van der Waals surface area contributed by atoms with Crippen molar-refractivity contribution in [3.8, 4) is 0 Å². The van der Waals surface area contributed by atoms with Crippen LogP contribution in [0.4, 0.5) is 5.69 Å². The van der Waals surface area contributed by atoms with Crippen molar-refractivity contribution >= 4 is 24.2 Å². The molecule has 0 amide bonds. The molecule has 0 unspecified atom stereocenters. The fourth-order valence-corrected chi connectivity index (χ4v) is 0.954. The van der Waals surface area contributed by atoms with Crippen LogP contribution in [0.3, 0.4) is 0 Å². The molecule has 0 fully saturated rings. The van der Waals surface area contributed by atoms with Crippen LogP contribution in [0.2, 0.25) is 0 Å². The van der Waals surface area contributed by atoms with Crippen LogP contribution in [-0.4, -0.2) is 13.1 Å². The van der Waals surface area contributed by atoms with Gasteiger partial charge in [-0.3, -0.25) is 0 Å². The maximum absolute atomic E-state index is 5.35. The lowest BCUT2D eigenvalue weighted by Gasteiger charge is -2.03. The summed E-state index contributed by atoms with van der Waals surface area (Å²) >= 11 is 0. The number of nitrogens with one attached hydrogen (secondary N) is 1. The van der Waals surface area contributed by atoms with Crippen LogP contribution >= 0.6 is 12.4 Å². The normalized spacial score (nSPS) is 8.69. The molecule has 0 bridgehead atoms. The zero-order chi connectivity index (χ0) is 8.81. The van der Waals surface area contributed by atoms with Gasteiger partial charge in [-0.25, -0.2) is 0 Å². The molecule has 3 N–H and O–H groups in total. The van der Waals surface area contributed by atoms with Crippen LogP contribution in [-0.2, 0) is 0 Å². The minimum Gasteiger partial charge on any atom is -0.384 e. The van der Waals surface area contributed by atoms with Crippen molar-refractivity contribution in [3.05, 3.63) is 36.4 Å². The smallest absolute Gasteiger partial charge is 0.0341 e. The summed E-state index contributed by atoms with van der Waals surface area (Å²) < 4.78 is 0. The molecule has 0 heterocycles. The molecule has 1 aromatic carbocycles. The SMILES string of the molecule is C=Cc1ccc(NCCN)cc1.Cl. The van der Waals surface area contributed by atoms with Gasteiger partial charge in [-0.05, 0) is 17.7 Å². The molecular formula is C10H15ClN2. The summed E-state index contributed by atoms with van der Waals surface area (Å²) in [5.74, 6) is 0. The van der Waals surface area contributed by atoms with Crippen molar-refractivity contribution in [2.24, 2.45) is 5.73 Å². The van der Waals surface area contributed by atoms with E-state index >= 15 is 0 Å². The molecule has 72 valence electrons. The van der Waals surface area contributed by atoms with Gasteiger partial charge in [-0.15, -0.1) is 12.4 Å². The molecule has 0 saturated carbocycles. The van der Waals surface area contributed by atoms with Crippen LogP contribution in [0, 0.1) is 0 Å². The first-order chi connectivity index (χ1) is 5.86. The monoisotopic (exact) mass is 198 g/mol. The van der Waals surface area contributed by atoms with E-state index in [1.54, 1.807) is 0 Å². The summed E-state index contributed by atoms with van der Waals surface area (Å²) in [5, 5.41) is 3.19. The highest BCUT2D eigenvalue weighted by atomic mass is 35.5. The molecule has 0 aliphatic carbocycles. The van der Waals surface area contributed by atoms with Gasteiger partial charge in [-0.2, -0.15) is 0 Å². The summed E-state index contributed by atoms with van der Waals surface area (Å²) in [6, 6.07) is 8.08. The number of benzene rings is 1. The Morgan fingerprint density at radius 2 is 1.92 bits per heavy atom. The predicted molar refractivity (Wildman–Crippen MR) is 61.3 cm³/mol. The lowest BCUT2D eigenvalue weighted by molar-refractivity contribution is 1.02. The highest BCUT2D eigenvalue weighted by molar-refractivity contribution is 5.85. The van der Waals surface area contributed by atoms with Crippen molar-refractivity contribution in [1.82, 2.24) is 0 Å². The molecule has 1 rings (SSSR count). The Kier molecular flexibility index (Phi) is 6.02. The Morgan fingerprint density at radius 3 is 2.38 bits per heavy atom. The molecule has 13 heavy (non-hydrogen) atoms. The van der Waals surface area contributed by atoms with Crippen LogP contribution in [0.5, 0.6) is 0 Å². The van der Waals surface area contributed by atoms with Crippen molar-refractivity contribution < 1.29 is 0 Å². The van der Waals surface area contributed by atoms with Gasteiger partial charge in [0.25, 0.3) is 0 Å². The van der Waals surface area contributed by atoms with Crippen LogP contribution in [0.1, 0.15) is 5.56 Å². The fraction of sp³-hybridized carbons (Fsp3) is 0.200. The predicted octanol–water partition coefficient (Wildman–Crippen LogP) is 2.12. The number of halogens is 1. The highest BCUT2D eigenvalue weighted by Crippen LogP contribution is 2.09. The summed E-state index contributed by atoms with van der Waals surface area (Å²) in [6.07, 6.45) is 1.83.